The first-order valence-electron chi connectivity index (χ1n) is 3.87. The molecule has 9 heavy (non-hydrogen) atoms. The van der Waals surface area contributed by atoms with Crippen LogP contribution in [0.4, 0.5) is 0 Å². The number of hydrogen-bond acceptors (Lipinski definition) is 2. The summed E-state index contributed by atoms with van der Waals surface area (Å²) >= 11 is 0. The van der Waals surface area contributed by atoms with E-state index in [0.29, 0.717) is 6.04 Å². The zero-order chi connectivity index (χ0) is 6.53. The van der Waals surface area contributed by atoms with Gasteiger partial charge in [0.2, 0.25) is 0 Å². The SMILES string of the molecule is CC[C@@H]1CNCCCN1. The zero-order valence-electron chi connectivity index (χ0n) is 6.11. The molecule has 1 heterocycles. The molecule has 1 rings (SSSR count). The highest BCUT2D eigenvalue weighted by Crippen LogP contribution is 1.92. The van der Waals surface area contributed by atoms with Crippen molar-refractivity contribution in [1.29, 1.82) is 0 Å². The Labute approximate surface area is 57.0 Å². The summed E-state index contributed by atoms with van der Waals surface area (Å²) in [5, 5.41) is 6.85. The maximum atomic E-state index is 3.47. The Morgan fingerprint density at radius 1 is 1.44 bits per heavy atom. The highest BCUT2D eigenvalue weighted by molar-refractivity contribution is 4.71. The average Bonchev–Trinajstić information content (AvgIpc) is 2.13. The van der Waals surface area contributed by atoms with E-state index in [0.717, 1.165) is 6.54 Å². The van der Waals surface area contributed by atoms with Gasteiger partial charge in [-0.15, -0.1) is 0 Å². The van der Waals surface area contributed by atoms with E-state index < -0.39 is 0 Å². The van der Waals surface area contributed by atoms with E-state index in [9.17, 15) is 0 Å². The fraction of sp³-hybridized carbons (Fsp3) is 1.00. The molecule has 0 spiro atoms. The topological polar surface area (TPSA) is 24.1 Å². The molecule has 0 saturated carbocycles. The van der Waals surface area contributed by atoms with E-state index in [1.807, 2.05) is 0 Å². The summed E-state index contributed by atoms with van der Waals surface area (Å²) in [5.41, 5.74) is 0. The summed E-state index contributed by atoms with van der Waals surface area (Å²) in [6.45, 7) is 5.75. The summed E-state index contributed by atoms with van der Waals surface area (Å²) in [7, 11) is 0. The molecule has 0 bridgehead atoms. The summed E-state index contributed by atoms with van der Waals surface area (Å²) in [5.74, 6) is 0. The van der Waals surface area contributed by atoms with Crippen molar-refractivity contribution in [2.75, 3.05) is 19.6 Å². The van der Waals surface area contributed by atoms with Crippen LogP contribution in [-0.4, -0.2) is 25.7 Å². The van der Waals surface area contributed by atoms with Crippen LogP contribution in [0.2, 0.25) is 0 Å². The van der Waals surface area contributed by atoms with Crippen molar-refractivity contribution in [2.24, 2.45) is 0 Å². The molecule has 0 aliphatic carbocycles. The van der Waals surface area contributed by atoms with Crippen molar-refractivity contribution in [3.05, 3.63) is 0 Å². The van der Waals surface area contributed by atoms with Crippen LogP contribution in [0.3, 0.4) is 0 Å². The second-order valence-corrected chi connectivity index (χ2v) is 2.62. The molecule has 0 amide bonds. The van der Waals surface area contributed by atoms with Crippen LogP contribution in [0, 0.1) is 0 Å². The summed E-state index contributed by atoms with van der Waals surface area (Å²) in [6.07, 6.45) is 2.52. The lowest BCUT2D eigenvalue weighted by Gasteiger charge is -2.11. The quantitative estimate of drug-likeness (QED) is 0.532. The van der Waals surface area contributed by atoms with Crippen molar-refractivity contribution in [2.45, 2.75) is 25.8 Å². The Morgan fingerprint density at radius 3 is 3.11 bits per heavy atom. The van der Waals surface area contributed by atoms with Gasteiger partial charge in [0.25, 0.3) is 0 Å². The van der Waals surface area contributed by atoms with E-state index in [4.69, 9.17) is 0 Å². The second kappa shape index (κ2) is 3.85. The fourth-order valence-corrected chi connectivity index (χ4v) is 1.16. The van der Waals surface area contributed by atoms with Crippen molar-refractivity contribution in [3.63, 3.8) is 0 Å². The summed E-state index contributed by atoms with van der Waals surface area (Å²) in [6, 6.07) is 0.715. The minimum Gasteiger partial charge on any atom is -0.315 e. The molecule has 1 atom stereocenters. The van der Waals surface area contributed by atoms with E-state index >= 15 is 0 Å². The molecular weight excluding hydrogens is 112 g/mol. The van der Waals surface area contributed by atoms with E-state index in [-0.39, 0.29) is 0 Å². The summed E-state index contributed by atoms with van der Waals surface area (Å²) < 4.78 is 0. The van der Waals surface area contributed by atoms with Gasteiger partial charge in [0.15, 0.2) is 0 Å². The van der Waals surface area contributed by atoms with Gasteiger partial charge in [-0.25, -0.2) is 0 Å². The molecule has 1 saturated heterocycles. The van der Waals surface area contributed by atoms with Crippen molar-refractivity contribution in [3.8, 4) is 0 Å². The van der Waals surface area contributed by atoms with Gasteiger partial charge in [-0.1, -0.05) is 6.92 Å². The van der Waals surface area contributed by atoms with Crippen LogP contribution in [0.25, 0.3) is 0 Å². The normalized spacial score (nSPS) is 29.7. The van der Waals surface area contributed by atoms with Crippen LogP contribution in [0.5, 0.6) is 0 Å². The third-order valence-electron chi connectivity index (χ3n) is 1.85. The molecule has 2 nitrogen and oxygen atoms in total. The fourth-order valence-electron chi connectivity index (χ4n) is 1.16. The van der Waals surface area contributed by atoms with Gasteiger partial charge in [0.05, 0.1) is 0 Å². The van der Waals surface area contributed by atoms with Crippen LogP contribution < -0.4 is 10.6 Å². The molecule has 1 aliphatic heterocycles. The van der Waals surface area contributed by atoms with Crippen molar-refractivity contribution >= 4 is 0 Å². The third kappa shape index (κ3) is 2.33. The number of hydrogen-bond donors (Lipinski definition) is 2. The average molecular weight is 128 g/mol. The lowest BCUT2D eigenvalue weighted by Crippen LogP contribution is -2.34. The highest BCUT2D eigenvalue weighted by Gasteiger charge is 2.06. The largest absolute Gasteiger partial charge is 0.315 e. The first-order chi connectivity index (χ1) is 4.43. The van der Waals surface area contributed by atoms with Crippen molar-refractivity contribution < 1.29 is 0 Å². The molecule has 0 aromatic rings. The van der Waals surface area contributed by atoms with E-state index in [1.54, 1.807) is 0 Å². The first-order valence-corrected chi connectivity index (χ1v) is 3.87. The molecule has 0 aromatic heterocycles. The summed E-state index contributed by atoms with van der Waals surface area (Å²) in [4.78, 5) is 0. The molecule has 2 heteroatoms. The Balaban J connectivity index is 2.18. The Bertz CT molecular complexity index is 65.3. The lowest BCUT2D eigenvalue weighted by atomic mass is 10.2. The van der Waals surface area contributed by atoms with Gasteiger partial charge in [0.1, 0.15) is 0 Å². The van der Waals surface area contributed by atoms with Crippen LogP contribution in [0.1, 0.15) is 19.8 Å². The predicted molar refractivity (Wildman–Crippen MR) is 39.6 cm³/mol. The predicted octanol–water partition coefficient (Wildman–Crippen LogP) is 0.348. The van der Waals surface area contributed by atoms with Gasteiger partial charge >= 0.3 is 0 Å². The minimum absolute atomic E-state index is 0.715. The number of nitrogens with one attached hydrogen (secondary N) is 2. The molecule has 0 aromatic carbocycles. The lowest BCUT2D eigenvalue weighted by molar-refractivity contribution is 0.513. The van der Waals surface area contributed by atoms with Gasteiger partial charge in [-0.2, -0.15) is 0 Å². The standard InChI is InChI=1S/C7H16N2/c1-2-7-6-8-4-3-5-9-7/h7-9H,2-6H2,1H3/t7-/m1/s1. The number of rotatable bonds is 1. The Hall–Kier alpha value is -0.0800. The van der Waals surface area contributed by atoms with Gasteiger partial charge in [0, 0.05) is 12.6 Å². The first kappa shape index (κ1) is 7.03. The molecule has 0 unspecified atom stereocenters. The third-order valence-corrected chi connectivity index (χ3v) is 1.85. The van der Waals surface area contributed by atoms with Gasteiger partial charge in [-0.05, 0) is 25.9 Å². The highest BCUT2D eigenvalue weighted by atomic mass is 15.0. The molecule has 0 radical (unpaired) electrons. The monoisotopic (exact) mass is 128 g/mol. The molecule has 1 aliphatic rings. The van der Waals surface area contributed by atoms with Gasteiger partial charge in [-0.3, -0.25) is 0 Å². The Kier molecular flexibility index (Phi) is 3.01. The molecule has 54 valence electrons. The maximum absolute atomic E-state index is 3.47. The second-order valence-electron chi connectivity index (χ2n) is 2.62. The molecule has 2 N–H and O–H groups in total. The maximum Gasteiger partial charge on any atom is 0.0189 e. The van der Waals surface area contributed by atoms with Crippen LogP contribution in [0.15, 0.2) is 0 Å². The zero-order valence-corrected chi connectivity index (χ0v) is 6.11. The smallest absolute Gasteiger partial charge is 0.0189 e. The van der Waals surface area contributed by atoms with Crippen molar-refractivity contribution in [1.82, 2.24) is 10.6 Å². The van der Waals surface area contributed by atoms with Crippen LogP contribution in [-0.2, 0) is 0 Å². The Morgan fingerprint density at radius 2 is 2.33 bits per heavy atom. The molecular formula is C7H16N2. The van der Waals surface area contributed by atoms with E-state index in [2.05, 4.69) is 17.6 Å². The minimum atomic E-state index is 0.715. The molecule has 1 fully saturated rings. The van der Waals surface area contributed by atoms with Crippen LogP contribution >= 0.6 is 0 Å². The van der Waals surface area contributed by atoms with E-state index in [1.165, 1.54) is 25.9 Å². The van der Waals surface area contributed by atoms with Gasteiger partial charge < -0.3 is 10.6 Å².